The molecule has 1 aliphatic heterocycles. The van der Waals surface area contributed by atoms with E-state index < -0.39 is 18.8 Å². The Kier molecular flexibility index (Phi) is 5.54. The lowest BCUT2D eigenvalue weighted by Crippen LogP contribution is -2.36. The molecule has 1 fully saturated rings. The molecule has 2 aromatic rings. The molecule has 1 atom stereocenters. The lowest BCUT2D eigenvalue weighted by molar-refractivity contribution is -0.143. The highest BCUT2D eigenvalue weighted by molar-refractivity contribution is 5.91. The highest BCUT2D eigenvalue weighted by Gasteiger charge is 2.34. The molecule has 3 heterocycles. The van der Waals surface area contributed by atoms with Gasteiger partial charge in [-0.2, -0.15) is 18.3 Å². The van der Waals surface area contributed by atoms with Gasteiger partial charge in [-0.05, 0) is 38.8 Å². The van der Waals surface area contributed by atoms with Gasteiger partial charge in [0.15, 0.2) is 5.65 Å². The van der Waals surface area contributed by atoms with Crippen molar-refractivity contribution in [3.63, 3.8) is 0 Å². The van der Waals surface area contributed by atoms with Crippen LogP contribution in [0.5, 0.6) is 0 Å². The maximum Gasteiger partial charge on any atom is 0.401 e. The second kappa shape index (κ2) is 7.71. The summed E-state index contributed by atoms with van der Waals surface area (Å²) in [4.78, 5) is 17.8. The predicted octanol–water partition coefficient (Wildman–Crippen LogP) is 3.02. The molecule has 0 saturated carbocycles. The van der Waals surface area contributed by atoms with Crippen LogP contribution in [-0.4, -0.2) is 58.1 Å². The molecule has 0 radical (unpaired) electrons. The quantitative estimate of drug-likeness (QED) is 0.831. The molecule has 148 valence electrons. The molecule has 27 heavy (non-hydrogen) atoms. The topological polar surface area (TPSA) is 75.1 Å². The Labute approximate surface area is 154 Å². The minimum Gasteiger partial charge on any atom is -0.338 e. The maximum absolute atomic E-state index is 12.4. The molecule has 0 aromatic carbocycles. The average molecular weight is 384 g/mol. The Morgan fingerprint density at radius 3 is 2.85 bits per heavy atom. The minimum atomic E-state index is -4.19. The number of rotatable bonds is 5. The molecule has 0 aliphatic carbocycles. The van der Waals surface area contributed by atoms with Crippen molar-refractivity contribution in [1.82, 2.24) is 25.0 Å². The number of anilines is 1. The molecule has 1 aliphatic rings. The van der Waals surface area contributed by atoms with Gasteiger partial charge < -0.3 is 10.6 Å². The van der Waals surface area contributed by atoms with Crippen molar-refractivity contribution >= 4 is 22.8 Å². The number of urea groups is 1. The predicted molar refractivity (Wildman–Crippen MR) is 95.5 cm³/mol. The third kappa shape index (κ3) is 5.09. The first kappa shape index (κ1) is 19.4. The monoisotopic (exact) mass is 384 g/mol. The Hall–Kier alpha value is -2.36. The second-order valence-electron chi connectivity index (χ2n) is 7.16. The van der Waals surface area contributed by atoms with Crippen LogP contribution in [0.15, 0.2) is 18.5 Å². The fourth-order valence-electron chi connectivity index (χ4n) is 3.28. The number of carbonyl (C=O) groups is 1. The van der Waals surface area contributed by atoms with Crippen LogP contribution in [0.4, 0.5) is 23.7 Å². The summed E-state index contributed by atoms with van der Waals surface area (Å²) in [7, 11) is 0. The summed E-state index contributed by atoms with van der Waals surface area (Å²) in [5.74, 6) is 0.0166. The van der Waals surface area contributed by atoms with Crippen molar-refractivity contribution in [2.45, 2.75) is 32.5 Å². The SMILES string of the molecule is CC(C)n1ncc2cc(NC(=O)NC[C@@H]3CCN(CC(F)(F)F)C3)cnc21. The van der Waals surface area contributed by atoms with Gasteiger partial charge in [0, 0.05) is 24.5 Å². The standard InChI is InChI=1S/C17H23F3N6O/c1-11(2)26-15-13(7-23-26)5-14(8-21-15)24-16(27)22-6-12-3-4-25(9-12)10-17(18,19)20/h5,7-8,11-12H,3-4,6,9-10H2,1-2H3,(H2,22,24,27)/t12-/m0/s1. The number of hydrogen-bond donors (Lipinski definition) is 2. The molecular formula is C17H23F3N6O. The number of amides is 2. The Bertz CT molecular complexity index is 804. The highest BCUT2D eigenvalue weighted by atomic mass is 19.4. The summed E-state index contributed by atoms with van der Waals surface area (Å²) >= 11 is 0. The molecule has 10 heteroatoms. The van der Waals surface area contributed by atoms with Gasteiger partial charge in [0.05, 0.1) is 24.6 Å². The van der Waals surface area contributed by atoms with Gasteiger partial charge in [-0.3, -0.25) is 4.90 Å². The van der Waals surface area contributed by atoms with E-state index in [9.17, 15) is 18.0 Å². The van der Waals surface area contributed by atoms with E-state index in [4.69, 9.17) is 0 Å². The fourth-order valence-corrected chi connectivity index (χ4v) is 3.28. The minimum absolute atomic E-state index is 0.0166. The fraction of sp³-hybridized carbons (Fsp3) is 0.588. The summed E-state index contributed by atoms with van der Waals surface area (Å²) in [6.07, 6.45) is -0.296. The zero-order valence-electron chi connectivity index (χ0n) is 15.3. The van der Waals surface area contributed by atoms with Crippen LogP contribution < -0.4 is 10.6 Å². The van der Waals surface area contributed by atoms with Gasteiger partial charge in [0.2, 0.25) is 0 Å². The average Bonchev–Trinajstić information content (AvgIpc) is 3.17. The Morgan fingerprint density at radius 2 is 2.15 bits per heavy atom. The van der Waals surface area contributed by atoms with E-state index in [0.717, 1.165) is 11.0 Å². The normalized spacial score (nSPS) is 18.4. The lowest BCUT2D eigenvalue weighted by Gasteiger charge is -2.18. The number of pyridine rings is 1. The number of nitrogens with one attached hydrogen (secondary N) is 2. The third-order valence-corrected chi connectivity index (χ3v) is 4.50. The van der Waals surface area contributed by atoms with Gasteiger partial charge in [-0.15, -0.1) is 0 Å². The summed E-state index contributed by atoms with van der Waals surface area (Å²) < 4.78 is 39.0. The summed E-state index contributed by atoms with van der Waals surface area (Å²) in [5.41, 5.74) is 1.28. The lowest BCUT2D eigenvalue weighted by atomic mass is 10.1. The molecule has 0 spiro atoms. The van der Waals surface area contributed by atoms with E-state index in [2.05, 4.69) is 20.7 Å². The van der Waals surface area contributed by atoms with E-state index in [1.807, 2.05) is 13.8 Å². The number of nitrogens with zero attached hydrogens (tertiary/aromatic N) is 4. The van der Waals surface area contributed by atoms with E-state index >= 15 is 0 Å². The summed E-state index contributed by atoms with van der Waals surface area (Å²) in [6, 6.07) is 1.57. The maximum atomic E-state index is 12.4. The van der Waals surface area contributed by atoms with E-state index in [0.29, 0.717) is 31.7 Å². The molecule has 2 aromatic heterocycles. The smallest absolute Gasteiger partial charge is 0.338 e. The number of fused-ring (bicyclic) bond motifs is 1. The van der Waals surface area contributed by atoms with Crippen molar-refractivity contribution in [2.24, 2.45) is 5.92 Å². The van der Waals surface area contributed by atoms with Gasteiger partial charge >= 0.3 is 12.2 Å². The summed E-state index contributed by atoms with van der Waals surface area (Å²) in [5, 5.41) is 10.5. The van der Waals surface area contributed by atoms with E-state index in [1.165, 1.54) is 4.90 Å². The van der Waals surface area contributed by atoms with Crippen molar-refractivity contribution < 1.29 is 18.0 Å². The van der Waals surface area contributed by atoms with Crippen molar-refractivity contribution in [3.05, 3.63) is 18.5 Å². The van der Waals surface area contributed by atoms with Gasteiger partial charge in [-0.1, -0.05) is 0 Å². The third-order valence-electron chi connectivity index (χ3n) is 4.50. The molecule has 0 unspecified atom stereocenters. The van der Waals surface area contributed by atoms with Crippen LogP contribution in [0, 0.1) is 5.92 Å². The molecule has 0 bridgehead atoms. The van der Waals surface area contributed by atoms with Crippen LogP contribution in [0.2, 0.25) is 0 Å². The van der Waals surface area contributed by atoms with Crippen LogP contribution in [-0.2, 0) is 0 Å². The van der Waals surface area contributed by atoms with Crippen molar-refractivity contribution in [3.8, 4) is 0 Å². The number of alkyl halides is 3. The molecule has 2 amide bonds. The highest BCUT2D eigenvalue weighted by Crippen LogP contribution is 2.22. The van der Waals surface area contributed by atoms with Gasteiger partial charge in [0.25, 0.3) is 0 Å². The van der Waals surface area contributed by atoms with Crippen molar-refractivity contribution in [2.75, 3.05) is 31.5 Å². The Balaban J connectivity index is 1.49. The molecular weight excluding hydrogens is 361 g/mol. The molecule has 3 rings (SSSR count). The zero-order chi connectivity index (χ0) is 19.6. The van der Waals surface area contributed by atoms with Crippen molar-refractivity contribution in [1.29, 1.82) is 0 Å². The van der Waals surface area contributed by atoms with Crippen LogP contribution in [0.3, 0.4) is 0 Å². The molecule has 1 saturated heterocycles. The van der Waals surface area contributed by atoms with E-state index in [1.54, 1.807) is 23.1 Å². The number of carbonyl (C=O) groups excluding carboxylic acids is 1. The second-order valence-corrected chi connectivity index (χ2v) is 7.16. The number of hydrogen-bond acceptors (Lipinski definition) is 4. The first-order chi connectivity index (χ1) is 12.7. The molecule has 7 nitrogen and oxygen atoms in total. The first-order valence-corrected chi connectivity index (χ1v) is 8.88. The van der Waals surface area contributed by atoms with Gasteiger partial charge in [-0.25, -0.2) is 14.5 Å². The number of likely N-dealkylation sites (tertiary alicyclic amines) is 1. The Morgan fingerprint density at radius 1 is 1.37 bits per heavy atom. The largest absolute Gasteiger partial charge is 0.401 e. The zero-order valence-corrected chi connectivity index (χ0v) is 15.3. The first-order valence-electron chi connectivity index (χ1n) is 8.88. The molecule has 2 N–H and O–H groups in total. The number of aromatic nitrogens is 3. The van der Waals surface area contributed by atoms with E-state index in [-0.39, 0.29) is 12.0 Å². The summed E-state index contributed by atoms with van der Waals surface area (Å²) in [6.45, 7) is 4.18. The van der Waals surface area contributed by atoms with Gasteiger partial charge in [0.1, 0.15) is 0 Å². The number of halogens is 3. The van der Waals surface area contributed by atoms with Crippen LogP contribution in [0.1, 0.15) is 26.3 Å². The van der Waals surface area contributed by atoms with Crippen LogP contribution >= 0.6 is 0 Å². The van der Waals surface area contributed by atoms with Crippen LogP contribution in [0.25, 0.3) is 11.0 Å².